The van der Waals surface area contributed by atoms with Crippen molar-refractivity contribution in [1.82, 2.24) is 0 Å². The van der Waals surface area contributed by atoms with Gasteiger partial charge in [0.15, 0.2) is 0 Å². The van der Waals surface area contributed by atoms with Gasteiger partial charge in [0.1, 0.15) is 17.0 Å². The normalized spacial score (nSPS) is 13.5. The molecule has 2 heterocycles. The summed E-state index contributed by atoms with van der Waals surface area (Å²) in [6.07, 6.45) is 3.48. The van der Waals surface area contributed by atoms with Crippen LogP contribution in [-0.4, -0.2) is 58.9 Å². The zero-order valence-corrected chi connectivity index (χ0v) is 30.6. The first-order chi connectivity index (χ1) is 19.3. The molecule has 0 amide bonds. The molecule has 0 aliphatic carbocycles. The molecule has 0 atom stereocenters. The summed E-state index contributed by atoms with van der Waals surface area (Å²) in [6, 6.07) is 28.2. The van der Waals surface area contributed by atoms with Gasteiger partial charge in [-0.3, -0.25) is 4.90 Å². The van der Waals surface area contributed by atoms with Crippen LogP contribution < -0.4 is 67.1 Å². The Balaban J connectivity index is 0.00000242. The van der Waals surface area contributed by atoms with Crippen LogP contribution in [0.3, 0.4) is 0 Å². The average molecular weight is 809 g/mol. The van der Waals surface area contributed by atoms with Crippen molar-refractivity contribution in [2.24, 2.45) is 0 Å². The third-order valence-corrected chi connectivity index (χ3v) is 9.25. The van der Waals surface area contributed by atoms with Crippen molar-refractivity contribution in [3.63, 3.8) is 0 Å². The zero-order valence-electron chi connectivity index (χ0n) is 25.5. The number of aromatic nitrogens is 1. The Labute approximate surface area is 290 Å². The Morgan fingerprint density at radius 3 is 2.33 bits per heavy atom. The predicted molar refractivity (Wildman–Crippen MR) is 171 cm³/mol. The second-order valence-corrected chi connectivity index (χ2v) is 12.1. The van der Waals surface area contributed by atoms with E-state index < -0.39 is 0 Å². The molecular weight excluding hydrogens is 766 g/mol. The third-order valence-electron chi connectivity index (χ3n) is 8.09. The molecule has 0 unspecified atom stereocenters. The Bertz CT molecular complexity index is 1530. The molecule has 0 radical (unpaired) electrons. The van der Waals surface area contributed by atoms with Crippen LogP contribution >= 0.6 is 11.8 Å². The number of fused-ring (bicyclic) bond motifs is 2. The fraction of sp³-hybridized carbons (Fsp3) is 0.324. The largest absolute Gasteiger partial charge is 1.00 e. The fourth-order valence-corrected chi connectivity index (χ4v) is 6.44. The average Bonchev–Trinajstić information content (AvgIpc) is 3.30. The Kier molecular flexibility index (Phi) is 12.4. The van der Waals surface area contributed by atoms with E-state index in [-0.39, 0.29) is 48.0 Å². The number of nitrogens with zero attached hydrogens (tertiary/aromatic N) is 4. The summed E-state index contributed by atoms with van der Waals surface area (Å²) < 4.78 is 9.17. The van der Waals surface area contributed by atoms with Crippen molar-refractivity contribution < 1.29 is 61.7 Å². The quantitative estimate of drug-likeness (QED) is 0.136. The molecule has 1 aliphatic rings. The number of methoxy groups -OCH3 is 1. The summed E-state index contributed by atoms with van der Waals surface area (Å²) in [4.78, 5) is 6.13. The van der Waals surface area contributed by atoms with Gasteiger partial charge in [0.2, 0.25) is 0 Å². The second-order valence-electron chi connectivity index (χ2n) is 11.0. The molecule has 1 aliphatic heterocycles. The minimum Gasteiger partial charge on any atom is -1.00 e. The Morgan fingerprint density at radius 2 is 1.67 bits per heavy atom. The van der Waals surface area contributed by atoms with Gasteiger partial charge in [0, 0.05) is 35.9 Å². The van der Waals surface area contributed by atoms with Crippen LogP contribution in [0.2, 0.25) is 0 Å². The van der Waals surface area contributed by atoms with Gasteiger partial charge in [0.25, 0.3) is 5.82 Å². The van der Waals surface area contributed by atoms with Crippen molar-refractivity contribution in [2.45, 2.75) is 25.2 Å². The first kappa shape index (κ1) is 34.5. The number of pyridine rings is 1. The lowest BCUT2D eigenvalue weighted by Gasteiger charge is -2.29. The number of para-hydroxylation sites is 2. The van der Waals surface area contributed by atoms with Crippen LogP contribution in [-0.2, 0) is 0 Å². The third kappa shape index (κ3) is 7.36. The van der Waals surface area contributed by atoms with E-state index >= 15 is 0 Å². The molecule has 0 fully saturated rings. The SMILES string of the molecule is CCN(CCC[N+](C)(C)CC)c1cc(C=C2Sc3ccccc3N2C)c2ccc(OC)cc2[n+]1-c1ccccc1.[I-].[I-]. The van der Waals surface area contributed by atoms with E-state index in [1.807, 2.05) is 11.8 Å². The minimum atomic E-state index is 0. The molecule has 4 aromatic rings. The molecule has 0 bridgehead atoms. The van der Waals surface area contributed by atoms with E-state index in [1.165, 1.54) is 32.4 Å². The van der Waals surface area contributed by atoms with Crippen molar-refractivity contribution in [1.29, 1.82) is 0 Å². The van der Waals surface area contributed by atoms with Crippen LogP contribution in [0.15, 0.2) is 88.8 Å². The highest BCUT2D eigenvalue weighted by Gasteiger charge is 2.27. The van der Waals surface area contributed by atoms with Gasteiger partial charge in [-0.2, -0.15) is 4.57 Å². The first-order valence-electron chi connectivity index (χ1n) is 14.3. The minimum absolute atomic E-state index is 0. The highest BCUT2D eigenvalue weighted by Crippen LogP contribution is 2.46. The molecule has 5 nitrogen and oxygen atoms in total. The van der Waals surface area contributed by atoms with Crippen LogP contribution in [0.25, 0.3) is 22.7 Å². The molecular formula is C34H42I2N4OS. The molecule has 224 valence electrons. The number of quaternary nitrogens is 1. The van der Waals surface area contributed by atoms with Crippen LogP contribution in [0.5, 0.6) is 5.75 Å². The van der Waals surface area contributed by atoms with Crippen molar-refractivity contribution in [3.05, 3.63) is 89.5 Å². The Morgan fingerprint density at radius 1 is 0.952 bits per heavy atom. The van der Waals surface area contributed by atoms with E-state index in [4.69, 9.17) is 4.74 Å². The highest BCUT2D eigenvalue weighted by molar-refractivity contribution is 8.03. The standard InChI is InChI=1S/C34H42N4OS.2HI/c1-7-36(21-14-22-38(4,5)8-2)33-23-26(24-34-35(3)30-17-12-13-18-32(30)40-34)29-20-19-28(39-6)25-31(29)37(33)27-15-10-9-11-16-27;;/h9-13,15-20,23-25H,7-8,14,21-22H2,1-6H3;2*1H/q+2;;/p-2. The van der Waals surface area contributed by atoms with Gasteiger partial charge in [-0.15, -0.1) is 0 Å². The van der Waals surface area contributed by atoms with E-state index in [1.54, 1.807) is 7.11 Å². The molecule has 3 aromatic carbocycles. The first-order valence-corrected chi connectivity index (χ1v) is 15.1. The molecule has 0 spiro atoms. The summed E-state index contributed by atoms with van der Waals surface area (Å²) in [6.45, 7) is 8.75. The number of ether oxygens (including phenoxy) is 1. The van der Waals surface area contributed by atoms with Gasteiger partial charge in [-0.1, -0.05) is 42.1 Å². The van der Waals surface area contributed by atoms with Crippen molar-refractivity contribution in [3.8, 4) is 11.4 Å². The monoisotopic (exact) mass is 808 g/mol. The van der Waals surface area contributed by atoms with Gasteiger partial charge in [-0.05, 0) is 61.9 Å². The summed E-state index contributed by atoms with van der Waals surface area (Å²) >= 11 is 1.83. The number of benzene rings is 3. The number of thioether (sulfide) groups is 1. The highest BCUT2D eigenvalue weighted by atomic mass is 127. The molecule has 1 aromatic heterocycles. The smallest absolute Gasteiger partial charge is 0.282 e. The lowest BCUT2D eigenvalue weighted by Crippen LogP contribution is -3.00. The van der Waals surface area contributed by atoms with E-state index in [0.717, 1.165) is 54.0 Å². The summed E-state index contributed by atoms with van der Waals surface area (Å²) in [5.41, 5.74) is 4.76. The second kappa shape index (κ2) is 15.1. The molecule has 8 heteroatoms. The molecule has 5 rings (SSSR count). The lowest BCUT2D eigenvalue weighted by molar-refractivity contribution is -0.888. The number of hydrogen-bond acceptors (Lipinski definition) is 4. The molecule has 0 saturated carbocycles. The van der Waals surface area contributed by atoms with E-state index in [2.05, 4.69) is 134 Å². The van der Waals surface area contributed by atoms with E-state index in [0.29, 0.717) is 0 Å². The number of halogens is 2. The van der Waals surface area contributed by atoms with Gasteiger partial charge >= 0.3 is 0 Å². The maximum atomic E-state index is 5.73. The van der Waals surface area contributed by atoms with Gasteiger partial charge in [0.05, 0.1) is 58.1 Å². The zero-order chi connectivity index (χ0) is 28.3. The number of rotatable bonds is 10. The van der Waals surface area contributed by atoms with Crippen molar-refractivity contribution >= 4 is 40.2 Å². The molecule has 42 heavy (non-hydrogen) atoms. The number of hydrogen-bond donors (Lipinski definition) is 0. The molecule has 0 saturated heterocycles. The molecule has 0 N–H and O–H groups in total. The van der Waals surface area contributed by atoms with Crippen LogP contribution in [0, 0.1) is 0 Å². The maximum absolute atomic E-state index is 5.73. The summed E-state index contributed by atoms with van der Waals surface area (Å²) in [5, 5.41) is 2.43. The van der Waals surface area contributed by atoms with Gasteiger partial charge in [-0.25, -0.2) is 0 Å². The Hall–Kier alpha value is -2.02. The van der Waals surface area contributed by atoms with Gasteiger partial charge < -0.3 is 62.1 Å². The summed E-state index contributed by atoms with van der Waals surface area (Å²) in [5.74, 6) is 2.06. The fourth-order valence-electron chi connectivity index (χ4n) is 5.33. The maximum Gasteiger partial charge on any atom is 0.282 e. The van der Waals surface area contributed by atoms with Crippen LogP contribution in [0.1, 0.15) is 25.8 Å². The lowest BCUT2D eigenvalue weighted by atomic mass is 10.1. The van der Waals surface area contributed by atoms with E-state index in [9.17, 15) is 0 Å². The number of anilines is 2. The predicted octanol–water partition coefficient (Wildman–Crippen LogP) is 0.986. The summed E-state index contributed by atoms with van der Waals surface area (Å²) in [7, 11) is 8.55. The van der Waals surface area contributed by atoms with Crippen LogP contribution in [0.4, 0.5) is 11.5 Å². The van der Waals surface area contributed by atoms with Crippen molar-refractivity contribution in [2.75, 3.05) is 64.2 Å². The topological polar surface area (TPSA) is 19.6 Å².